The fourth-order valence-corrected chi connectivity index (χ4v) is 2.14. The average molecular weight is 142 g/mol. The first-order valence-corrected chi connectivity index (χ1v) is 4.20. The maximum atomic E-state index is 9.14. The van der Waals surface area contributed by atoms with E-state index in [2.05, 4.69) is 0 Å². The van der Waals surface area contributed by atoms with Crippen molar-refractivity contribution in [1.82, 2.24) is 0 Å². The normalized spacial score (nSPS) is 47.1. The molecular weight excluding hydrogens is 128 g/mol. The third-order valence-corrected chi connectivity index (χ3v) is 2.68. The van der Waals surface area contributed by atoms with Crippen LogP contribution in [0.1, 0.15) is 32.1 Å². The molecule has 0 amide bonds. The van der Waals surface area contributed by atoms with Gasteiger partial charge in [-0.1, -0.05) is 12.8 Å². The van der Waals surface area contributed by atoms with E-state index in [9.17, 15) is 0 Å². The summed E-state index contributed by atoms with van der Waals surface area (Å²) < 4.78 is 5.32. The quantitative estimate of drug-likeness (QED) is 0.552. The molecule has 0 aromatic rings. The van der Waals surface area contributed by atoms with Crippen LogP contribution < -0.4 is 0 Å². The molecule has 0 radical (unpaired) electrons. The monoisotopic (exact) mass is 142 g/mol. The SMILES string of the molecule is OC1C[C@H]2CCCC[C@@H]2O1. The van der Waals surface area contributed by atoms with Gasteiger partial charge >= 0.3 is 0 Å². The molecule has 2 rings (SSSR count). The van der Waals surface area contributed by atoms with E-state index < -0.39 is 6.29 Å². The van der Waals surface area contributed by atoms with Crippen molar-refractivity contribution in [2.24, 2.45) is 5.92 Å². The number of aliphatic hydroxyl groups is 1. The molecule has 0 aromatic carbocycles. The Morgan fingerprint density at radius 2 is 2.00 bits per heavy atom. The molecule has 2 nitrogen and oxygen atoms in total. The Bertz CT molecular complexity index is 110. The molecule has 2 aliphatic rings. The van der Waals surface area contributed by atoms with E-state index in [4.69, 9.17) is 9.84 Å². The number of hydrogen-bond acceptors (Lipinski definition) is 2. The summed E-state index contributed by atoms with van der Waals surface area (Å²) in [6.07, 6.45) is 5.87. The van der Waals surface area contributed by atoms with Crippen molar-refractivity contribution >= 4 is 0 Å². The summed E-state index contributed by atoms with van der Waals surface area (Å²) in [5, 5.41) is 9.14. The first-order chi connectivity index (χ1) is 4.86. The van der Waals surface area contributed by atoms with E-state index in [0.717, 1.165) is 6.42 Å². The highest BCUT2D eigenvalue weighted by molar-refractivity contribution is 4.81. The zero-order valence-corrected chi connectivity index (χ0v) is 6.12. The second-order valence-electron chi connectivity index (χ2n) is 3.41. The lowest BCUT2D eigenvalue weighted by atomic mass is 9.86. The van der Waals surface area contributed by atoms with E-state index in [-0.39, 0.29) is 0 Å². The second kappa shape index (κ2) is 2.51. The minimum Gasteiger partial charge on any atom is -0.368 e. The van der Waals surface area contributed by atoms with Crippen LogP contribution in [0.3, 0.4) is 0 Å². The van der Waals surface area contributed by atoms with Crippen LogP contribution in [0.25, 0.3) is 0 Å². The largest absolute Gasteiger partial charge is 0.368 e. The minimum absolute atomic E-state index is 0.392. The summed E-state index contributed by atoms with van der Waals surface area (Å²) >= 11 is 0. The number of ether oxygens (including phenoxy) is 1. The molecule has 1 heterocycles. The van der Waals surface area contributed by atoms with Crippen LogP contribution in [-0.4, -0.2) is 17.5 Å². The molecule has 1 aliphatic carbocycles. The van der Waals surface area contributed by atoms with Crippen molar-refractivity contribution < 1.29 is 9.84 Å². The molecule has 1 N–H and O–H groups in total. The Morgan fingerprint density at radius 3 is 2.80 bits per heavy atom. The summed E-state index contributed by atoms with van der Waals surface area (Å²) in [4.78, 5) is 0. The summed E-state index contributed by atoms with van der Waals surface area (Å²) in [6.45, 7) is 0. The van der Waals surface area contributed by atoms with Crippen molar-refractivity contribution in [3.8, 4) is 0 Å². The first kappa shape index (κ1) is 6.62. The van der Waals surface area contributed by atoms with E-state index in [0.29, 0.717) is 12.0 Å². The van der Waals surface area contributed by atoms with Gasteiger partial charge in [0.15, 0.2) is 6.29 Å². The Labute approximate surface area is 61.2 Å². The summed E-state index contributed by atoms with van der Waals surface area (Å²) in [6, 6.07) is 0. The van der Waals surface area contributed by atoms with Gasteiger partial charge in [-0.3, -0.25) is 0 Å². The summed E-state index contributed by atoms with van der Waals surface area (Å²) in [5.41, 5.74) is 0. The molecule has 1 saturated carbocycles. The van der Waals surface area contributed by atoms with Crippen LogP contribution in [-0.2, 0) is 4.74 Å². The molecule has 1 saturated heterocycles. The predicted octanol–water partition coefficient (Wildman–Crippen LogP) is 1.28. The molecule has 1 aliphatic heterocycles. The van der Waals surface area contributed by atoms with Crippen LogP contribution in [0.5, 0.6) is 0 Å². The van der Waals surface area contributed by atoms with E-state index in [1.807, 2.05) is 0 Å². The summed E-state index contributed by atoms with van der Waals surface area (Å²) in [5.74, 6) is 0.670. The van der Waals surface area contributed by atoms with Crippen molar-refractivity contribution in [3.05, 3.63) is 0 Å². The lowest BCUT2D eigenvalue weighted by Gasteiger charge is -2.22. The molecule has 10 heavy (non-hydrogen) atoms. The maximum Gasteiger partial charge on any atom is 0.155 e. The standard InChI is InChI=1S/C8H14O2/c9-8-5-6-3-1-2-4-7(6)10-8/h6-9H,1-5H2/t6-,7+,8?/m1/s1. The highest BCUT2D eigenvalue weighted by atomic mass is 16.6. The van der Waals surface area contributed by atoms with Gasteiger partial charge in [0.05, 0.1) is 6.10 Å². The van der Waals surface area contributed by atoms with Crippen molar-refractivity contribution in [3.63, 3.8) is 0 Å². The summed E-state index contributed by atoms with van der Waals surface area (Å²) in [7, 11) is 0. The van der Waals surface area contributed by atoms with Crippen LogP contribution in [0.2, 0.25) is 0 Å². The Kier molecular flexibility index (Phi) is 1.66. The third kappa shape index (κ3) is 1.06. The average Bonchev–Trinajstić information content (AvgIpc) is 2.27. The lowest BCUT2D eigenvalue weighted by Crippen LogP contribution is -2.20. The first-order valence-electron chi connectivity index (χ1n) is 4.20. The van der Waals surface area contributed by atoms with Crippen LogP contribution in [0, 0.1) is 5.92 Å². The number of aliphatic hydroxyl groups excluding tert-OH is 1. The number of fused-ring (bicyclic) bond motifs is 1. The fraction of sp³-hybridized carbons (Fsp3) is 1.00. The van der Waals surface area contributed by atoms with Gasteiger partial charge in [0.2, 0.25) is 0 Å². The van der Waals surface area contributed by atoms with Gasteiger partial charge in [-0.05, 0) is 18.8 Å². The zero-order chi connectivity index (χ0) is 6.97. The Balaban J connectivity index is 1.97. The van der Waals surface area contributed by atoms with Gasteiger partial charge in [-0.15, -0.1) is 0 Å². The van der Waals surface area contributed by atoms with Gasteiger partial charge in [-0.25, -0.2) is 0 Å². The molecule has 0 spiro atoms. The Morgan fingerprint density at radius 1 is 1.20 bits per heavy atom. The fourth-order valence-electron chi connectivity index (χ4n) is 2.14. The predicted molar refractivity (Wildman–Crippen MR) is 37.5 cm³/mol. The highest BCUT2D eigenvalue weighted by Crippen LogP contribution is 2.36. The van der Waals surface area contributed by atoms with Crippen LogP contribution >= 0.6 is 0 Å². The topological polar surface area (TPSA) is 29.5 Å². The van der Waals surface area contributed by atoms with E-state index in [1.54, 1.807) is 0 Å². The van der Waals surface area contributed by atoms with Gasteiger partial charge in [0.1, 0.15) is 0 Å². The minimum atomic E-state index is -0.451. The van der Waals surface area contributed by atoms with Crippen molar-refractivity contribution in [2.45, 2.75) is 44.5 Å². The maximum absolute atomic E-state index is 9.14. The smallest absolute Gasteiger partial charge is 0.155 e. The van der Waals surface area contributed by atoms with Crippen LogP contribution in [0.15, 0.2) is 0 Å². The van der Waals surface area contributed by atoms with Crippen molar-refractivity contribution in [1.29, 1.82) is 0 Å². The molecule has 1 unspecified atom stereocenters. The molecule has 0 aromatic heterocycles. The van der Waals surface area contributed by atoms with Gasteiger partial charge in [0.25, 0.3) is 0 Å². The van der Waals surface area contributed by atoms with Gasteiger partial charge < -0.3 is 9.84 Å². The van der Waals surface area contributed by atoms with Crippen molar-refractivity contribution in [2.75, 3.05) is 0 Å². The molecule has 2 fully saturated rings. The molecule has 3 atom stereocenters. The van der Waals surface area contributed by atoms with Crippen LogP contribution in [0.4, 0.5) is 0 Å². The van der Waals surface area contributed by atoms with E-state index in [1.165, 1.54) is 25.7 Å². The van der Waals surface area contributed by atoms with E-state index >= 15 is 0 Å². The highest BCUT2D eigenvalue weighted by Gasteiger charge is 2.35. The zero-order valence-electron chi connectivity index (χ0n) is 6.12. The lowest BCUT2D eigenvalue weighted by molar-refractivity contribution is -0.0961. The molecule has 2 heteroatoms. The Hall–Kier alpha value is -0.0800. The molecule has 58 valence electrons. The molecule has 0 bridgehead atoms. The third-order valence-electron chi connectivity index (χ3n) is 2.68. The van der Waals surface area contributed by atoms with Gasteiger partial charge in [-0.2, -0.15) is 0 Å². The second-order valence-corrected chi connectivity index (χ2v) is 3.41. The number of rotatable bonds is 0. The molecular formula is C8H14O2. The van der Waals surface area contributed by atoms with Gasteiger partial charge in [0, 0.05) is 6.42 Å². The number of hydrogen-bond donors (Lipinski definition) is 1.